The van der Waals surface area contributed by atoms with Gasteiger partial charge in [0.25, 0.3) is 5.91 Å². The van der Waals surface area contributed by atoms with Crippen molar-refractivity contribution in [3.8, 4) is 6.07 Å². The van der Waals surface area contributed by atoms with Crippen LogP contribution in [0.2, 0.25) is 0 Å². The molecule has 1 aromatic carbocycles. The molecule has 134 valence electrons. The quantitative estimate of drug-likeness (QED) is 0.630. The van der Waals surface area contributed by atoms with E-state index in [0.29, 0.717) is 5.69 Å². The zero-order valence-corrected chi connectivity index (χ0v) is 15.0. The fourth-order valence-corrected chi connectivity index (χ4v) is 1.88. The molecule has 0 fully saturated rings. The third-order valence-corrected chi connectivity index (χ3v) is 2.92. The fourth-order valence-electron chi connectivity index (χ4n) is 1.88. The van der Waals surface area contributed by atoms with Crippen molar-refractivity contribution in [1.82, 2.24) is 4.90 Å². The Labute approximate surface area is 148 Å². The van der Waals surface area contributed by atoms with Crippen molar-refractivity contribution < 1.29 is 14.3 Å². The number of nitrogens with one attached hydrogen (secondary N) is 1. The van der Waals surface area contributed by atoms with Gasteiger partial charge in [0.1, 0.15) is 17.2 Å². The molecular formula is C18H24N4O3. The van der Waals surface area contributed by atoms with Crippen molar-refractivity contribution in [3.05, 3.63) is 41.6 Å². The first-order valence-electron chi connectivity index (χ1n) is 7.86. The van der Waals surface area contributed by atoms with E-state index in [2.05, 4.69) is 5.32 Å². The molecular weight excluding hydrogens is 320 g/mol. The summed E-state index contributed by atoms with van der Waals surface area (Å²) in [5.74, 6) is -0.612. The van der Waals surface area contributed by atoms with Crippen molar-refractivity contribution in [2.24, 2.45) is 5.73 Å². The molecule has 0 saturated heterocycles. The largest absolute Gasteiger partial charge is 0.443 e. The first-order valence-corrected chi connectivity index (χ1v) is 7.86. The minimum atomic E-state index is -0.700. The molecule has 0 unspecified atom stereocenters. The number of benzene rings is 1. The van der Waals surface area contributed by atoms with E-state index < -0.39 is 17.6 Å². The van der Waals surface area contributed by atoms with Gasteiger partial charge < -0.3 is 15.8 Å². The van der Waals surface area contributed by atoms with E-state index in [1.54, 1.807) is 45.0 Å². The number of rotatable bonds is 5. The maximum Gasteiger partial charge on any atom is 0.414 e. The van der Waals surface area contributed by atoms with E-state index in [0.717, 1.165) is 16.7 Å². The van der Waals surface area contributed by atoms with Gasteiger partial charge in [-0.15, -0.1) is 0 Å². The standard InChI is InChI=1S/C18H24N4O3/c1-13-6-5-7-15(10-13)21-16(23)14(11-20)12-22(9-8-19)17(24)25-18(2,3)4/h5-7,10,12H,8-9,19H2,1-4H3,(H,21,23)/b14-12-. The molecule has 0 heterocycles. The zero-order chi connectivity index (χ0) is 19.0. The van der Waals surface area contributed by atoms with Gasteiger partial charge in [0, 0.05) is 25.0 Å². The number of carbonyl (C=O) groups is 2. The Morgan fingerprint density at radius 1 is 1.40 bits per heavy atom. The molecule has 0 atom stereocenters. The van der Waals surface area contributed by atoms with Crippen LogP contribution in [0.3, 0.4) is 0 Å². The molecule has 3 N–H and O–H groups in total. The average Bonchev–Trinajstić information content (AvgIpc) is 2.49. The number of carbonyl (C=O) groups excluding carboxylic acids is 2. The summed E-state index contributed by atoms with van der Waals surface area (Å²) in [6.07, 6.45) is 0.487. The van der Waals surface area contributed by atoms with Gasteiger partial charge in [-0.2, -0.15) is 5.26 Å². The lowest BCUT2D eigenvalue weighted by Gasteiger charge is -2.25. The average molecular weight is 344 g/mol. The second kappa shape index (κ2) is 8.85. The number of nitrogens with zero attached hydrogens (tertiary/aromatic N) is 2. The Kier molecular flexibility index (Phi) is 7.15. The summed E-state index contributed by atoms with van der Waals surface area (Å²) >= 11 is 0. The SMILES string of the molecule is Cc1cccc(NC(=O)/C(C#N)=C\N(CCN)C(=O)OC(C)(C)C)c1. The Hall–Kier alpha value is -2.85. The molecule has 0 aliphatic carbocycles. The number of anilines is 1. The third-order valence-electron chi connectivity index (χ3n) is 2.92. The number of amides is 2. The summed E-state index contributed by atoms with van der Waals surface area (Å²) in [6.45, 7) is 7.36. The molecule has 0 spiro atoms. The van der Waals surface area contributed by atoms with Crippen LogP contribution < -0.4 is 11.1 Å². The van der Waals surface area contributed by atoms with Gasteiger partial charge in [-0.25, -0.2) is 4.79 Å². The molecule has 25 heavy (non-hydrogen) atoms. The zero-order valence-electron chi connectivity index (χ0n) is 15.0. The van der Waals surface area contributed by atoms with Crippen LogP contribution in [0.5, 0.6) is 0 Å². The number of aryl methyl sites for hydroxylation is 1. The first-order chi connectivity index (χ1) is 11.7. The van der Waals surface area contributed by atoms with Crippen molar-refractivity contribution in [2.45, 2.75) is 33.3 Å². The van der Waals surface area contributed by atoms with E-state index in [-0.39, 0.29) is 18.7 Å². The van der Waals surface area contributed by atoms with Crippen LogP contribution in [0.15, 0.2) is 36.0 Å². The number of hydrogen-bond donors (Lipinski definition) is 2. The maximum absolute atomic E-state index is 12.3. The maximum atomic E-state index is 12.3. The Balaban J connectivity index is 2.97. The van der Waals surface area contributed by atoms with Gasteiger partial charge in [0.15, 0.2) is 0 Å². The number of nitriles is 1. The van der Waals surface area contributed by atoms with Crippen molar-refractivity contribution in [1.29, 1.82) is 5.26 Å². The van der Waals surface area contributed by atoms with Crippen LogP contribution in [0.25, 0.3) is 0 Å². The number of ether oxygens (including phenoxy) is 1. The lowest BCUT2D eigenvalue weighted by molar-refractivity contribution is -0.112. The highest BCUT2D eigenvalue weighted by atomic mass is 16.6. The highest BCUT2D eigenvalue weighted by Gasteiger charge is 2.22. The minimum absolute atomic E-state index is 0.123. The lowest BCUT2D eigenvalue weighted by Crippen LogP contribution is -2.37. The van der Waals surface area contributed by atoms with Crippen molar-refractivity contribution in [2.75, 3.05) is 18.4 Å². The molecule has 0 aliphatic heterocycles. The molecule has 7 nitrogen and oxygen atoms in total. The van der Waals surface area contributed by atoms with Crippen LogP contribution in [0, 0.1) is 18.3 Å². The van der Waals surface area contributed by atoms with E-state index >= 15 is 0 Å². The number of nitrogens with two attached hydrogens (primary N) is 1. The Morgan fingerprint density at radius 3 is 2.60 bits per heavy atom. The van der Waals surface area contributed by atoms with Gasteiger partial charge in [-0.1, -0.05) is 12.1 Å². The van der Waals surface area contributed by atoms with E-state index in [1.807, 2.05) is 13.0 Å². The second-order valence-corrected chi connectivity index (χ2v) is 6.44. The van der Waals surface area contributed by atoms with E-state index in [9.17, 15) is 14.9 Å². The molecule has 0 aliphatic rings. The summed E-state index contributed by atoms with van der Waals surface area (Å²) in [4.78, 5) is 25.6. The van der Waals surface area contributed by atoms with Gasteiger partial charge in [-0.3, -0.25) is 9.69 Å². The van der Waals surface area contributed by atoms with E-state index in [4.69, 9.17) is 10.5 Å². The normalized spacial score (nSPS) is 11.4. The molecule has 0 saturated carbocycles. The van der Waals surface area contributed by atoms with Gasteiger partial charge in [0.2, 0.25) is 0 Å². The van der Waals surface area contributed by atoms with E-state index in [1.165, 1.54) is 0 Å². The Bertz CT molecular complexity index is 699. The topological polar surface area (TPSA) is 108 Å². The monoisotopic (exact) mass is 344 g/mol. The minimum Gasteiger partial charge on any atom is -0.443 e. The molecule has 1 aromatic rings. The van der Waals surface area contributed by atoms with Crippen LogP contribution in [0.4, 0.5) is 10.5 Å². The number of hydrogen-bond acceptors (Lipinski definition) is 5. The summed E-state index contributed by atoms with van der Waals surface area (Å²) in [5.41, 5.74) is 6.12. The second-order valence-electron chi connectivity index (χ2n) is 6.44. The molecule has 0 bridgehead atoms. The molecule has 2 amide bonds. The van der Waals surface area contributed by atoms with Gasteiger partial charge in [0.05, 0.1) is 0 Å². The lowest BCUT2D eigenvalue weighted by atomic mass is 10.2. The van der Waals surface area contributed by atoms with Crippen LogP contribution in [0.1, 0.15) is 26.3 Å². The molecule has 0 radical (unpaired) electrons. The summed E-state index contributed by atoms with van der Waals surface area (Å²) in [6, 6.07) is 8.98. The van der Waals surface area contributed by atoms with Crippen LogP contribution in [-0.2, 0) is 9.53 Å². The predicted molar refractivity (Wildman–Crippen MR) is 95.5 cm³/mol. The summed E-state index contributed by atoms with van der Waals surface area (Å²) in [5, 5.41) is 11.9. The summed E-state index contributed by atoms with van der Waals surface area (Å²) in [7, 11) is 0. The van der Waals surface area contributed by atoms with Gasteiger partial charge >= 0.3 is 6.09 Å². The predicted octanol–water partition coefficient (Wildman–Crippen LogP) is 2.54. The third kappa shape index (κ3) is 7.06. The van der Waals surface area contributed by atoms with Crippen molar-refractivity contribution in [3.63, 3.8) is 0 Å². The molecule has 0 aromatic heterocycles. The molecule has 1 rings (SSSR count). The molecule has 7 heteroatoms. The highest BCUT2D eigenvalue weighted by molar-refractivity contribution is 6.06. The highest BCUT2D eigenvalue weighted by Crippen LogP contribution is 2.13. The first kappa shape index (κ1) is 20.2. The summed E-state index contributed by atoms with van der Waals surface area (Å²) < 4.78 is 5.26. The van der Waals surface area contributed by atoms with Gasteiger partial charge in [-0.05, 0) is 45.4 Å². The Morgan fingerprint density at radius 2 is 2.08 bits per heavy atom. The van der Waals surface area contributed by atoms with Crippen LogP contribution in [-0.4, -0.2) is 35.6 Å². The fraction of sp³-hybridized carbons (Fsp3) is 0.389. The smallest absolute Gasteiger partial charge is 0.414 e. The van der Waals surface area contributed by atoms with Crippen LogP contribution >= 0.6 is 0 Å². The van der Waals surface area contributed by atoms with Crippen molar-refractivity contribution >= 4 is 17.7 Å².